The third-order valence-corrected chi connectivity index (χ3v) is 9.12. The molecule has 0 fully saturated rings. The normalized spacial score (nSPS) is 14.7. The summed E-state index contributed by atoms with van der Waals surface area (Å²) in [6.07, 6.45) is 3.80. The van der Waals surface area contributed by atoms with Gasteiger partial charge in [0.2, 0.25) is 0 Å². The number of methoxy groups -OCH3 is 1. The minimum absolute atomic E-state index is 0.256. The van der Waals surface area contributed by atoms with E-state index < -0.39 is 6.04 Å². The molecule has 2 aromatic heterocycles. The Hall–Kier alpha value is -5.54. The van der Waals surface area contributed by atoms with E-state index in [4.69, 9.17) is 9.73 Å². The van der Waals surface area contributed by atoms with Gasteiger partial charge in [-0.1, -0.05) is 78.1 Å². The van der Waals surface area contributed by atoms with Gasteiger partial charge in [-0.2, -0.15) is 0 Å². The summed E-state index contributed by atoms with van der Waals surface area (Å²) in [5, 5.41) is 3.92. The van der Waals surface area contributed by atoms with Crippen LogP contribution < -0.4 is 24.9 Å². The van der Waals surface area contributed by atoms with Crippen molar-refractivity contribution in [3.8, 4) is 5.75 Å². The van der Waals surface area contributed by atoms with Crippen molar-refractivity contribution in [2.24, 2.45) is 4.99 Å². The summed E-state index contributed by atoms with van der Waals surface area (Å²) in [6.45, 7) is 2.14. The van der Waals surface area contributed by atoms with Gasteiger partial charge in [0.15, 0.2) is 4.80 Å². The molecule has 0 saturated heterocycles. The molecule has 0 spiro atoms. The zero-order valence-corrected chi connectivity index (χ0v) is 25.9. The van der Waals surface area contributed by atoms with Crippen molar-refractivity contribution < 1.29 is 13.9 Å². The van der Waals surface area contributed by atoms with E-state index in [0.29, 0.717) is 44.1 Å². The number of amides is 1. The van der Waals surface area contributed by atoms with Crippen molar-refractivity contribution >= 4 is 39.9 Å². The second kappa shape index (κ2) is 12.1. The maximum absolute atomic E-state index is 14.6. The third-order valence-electron chi connectivity index (χ3n) is 8.13. The molecule has 9 heteroatoms. The lowest BCUT2D eigenvalue weighted by molar-refractivity contribution is -0.113. The summed E-state index contributed by atoms with van der Waals surface area (Å²) < 4.78 is 24.0. The van der Waals surface area contributed by atoms with Crippen LogP contribution >= 0.6 is 11.3 Å². The number of hydrogen-bond donors (Lipinski definition) is 1. The summed E-state index contributed by atoms with van der Waals surface area (Å²) in [5.41, 5.74) is 4.39. The summed E-state index contributed by atoms with van der Waals surface area (Å²) in [4.78, 5) is 33.4. The molecule has 0 bridgehead atoms. The number of benzene rings is 4. The maximum Gasteiger partial charge on any atom is 0.271 e. The van der Waals surface area contributed by atoms with Crippen molar-refractivity contribution in [2.45, 2.75) is 19.5 Å². The van der Waals surface area contributed by atoms with Crippen LogP contribution in [0.4, 0.5) is 10.1 Å². The van der Waals surface area contributed by atoms with Crippen LogP contribution in [0.3, 0.4) is 0 Å². The first-order valence-electron chi connectivity index (χ1n) is 14.8. The Morgan fingerprint density at radius 2 is 1.70 bits per heavy atom. The predicted octanol–water partition coefficient (Wildman–Crippen LogP) is 6.02. The van der Waals surface area contributed by atoms with Gasteiger partial charge in [0.1, 0.15) is 11.6 Å². The molecule has 1 aliphatic rings. The van der Waals surface area contributed by atoms with E-state index in [0.717, 1.165) is 22.0 Å². The van der Waals surface area contributed by atoms with Gasteiger partial charge in [-0.25, -0.2) is 9.38 Å². The minimum Gasteiger partial charge on any atom is -0.497 e. The maximum atomic E-state index is 14.6. The molecule has 1 N–H and O–H groups in total. The number of anilines is 1. The average Bonchev–Trinajstić information content (AvgIpc) is 3.57. The number of hydrogen-bond acceptors (Lipinski definition) is 5. The molecule has 1 aliphatic heterocycles. The first kappa shape index (κ1) is 29.2. The number of carbonyl (C=O) groups is 1. The molecule has 4 aromatic carbocycles. The van der Waals surface area contributed by atoms with Crippen molar-refractivity contribution in [2.75, 3.05) is 12.4 Å². The van der Waals surface area contributed by atoms with Crippen LogP contribution in [-0.2, 0) is 11.3 Å². The largest absolute Gasteiger partial charge is 0.497 e. The number of aromatic nitrogens is 2. The average molecular weight is 629 g/mol. The fourth-order valence-electron chi connectivity index (χ4n) is 5.91. The van der Waals surface area contributed by atoms with Gasteiger partial charge in [0.05, 0.1) is 35.5 Å². The molecular formula is C37H29FN4O3S. The van der Waals surface area contributed by atoms with Crippen LogP contribution in [0.1, 0.15) is 29.7 Å². The SMILES string of the molecule is COc1ccc([C@H]2C(C(=O)Nc3ccccc3)=C(C)N=c3s/c(=C/c4cn(Cc5ccccc5F)c5ccccc45)c(=O)n32)cc1. The molecule has 0 unspecified atom stereocenters. The topological polar surface area (TPSA) is 77.6 Å². The molecule has 0 radical (unpaired) electrons. The molecule has 7 nitrogen and oxygen atoms in total. The van der Waals surface area contributed by atoms with Crippen LogP contribution in [0.15, 0.2) is 130 Å². The van der Waals surface area contributed by atoms with Gasteiger partial charge in [-0.15, -0.1) is 0 Å². The quantitative estimate of drug-likeness (QED) is 0.235. The number of halogens is 1. The summed E-state index contributed by atoms with van der Waals surface area (Å²) in [7, 11) is 1.59. The highest BCUT2D eigenvalue weighted by molar-refractivity contribution is 7.07. The van der Waals surface area contributed by atoms with E-state index in [-0.39, 0.29) is 17.3 Å². The number of rotatable bonds is 7. The van der Waals surface area contributed by atoms with Gasteiger partial charge < -0.3 is 14.6 Å². The molecule has 0 saturated carbocycles. The molecule has 3 heterocycles. The Bertz CT molecular complexity index is 2320. The molecule has 1 amide bonds. The van der Waals surface area contributed by atoms with Crippen LogP contribution in [0.2, 0.25) is 0 Å². The highest BCUT2D eigenvalue weighted by Gasteiger charge is 2.32. The Balaban J connectivity index is 1.36. The lowest BCUT2D eigenvalue weighted by Crippen LogP contribution is -2.40. The van der Waals surface area contributed by atoms with Crippen molar-refractivity contribution in [3.05, 3.63) is 163 Å². The number of nitrogens with zero attached hydrogens (tertiary/aromatic N) is 3. The molecule has 6 aromatic rings. The summed E-state index contributed by atoms with van der Waals surface area (Å²) in [6, 6.07) is 30.4. The number of fused-ring (bicyclic) bond motifs is 2. The van der Waals surface area contributed by atoms with Crippen molar-refractivity contribution in [1.82, 2.24) is 9.13 Å². The van der Waals surface area contributed by atoms with E-state index >= 15 is 0 Å². The Morgan fingerprint density at radius 3 is 2.46 bits per heavy atom. The first-order valence-corrected chi connectivity index (χ1v) is 15.6. The summed E-state index contributed by atoms with van der Waals surface area (Å²) >= 11 is 1.28. The molecule has 7 rings (SSSR count). The zero-order chi connectivity index (χ0) is 31.8. The second-order valence-corrected chi connectivity index (χ2v) is 12.0. The molecular weight excluding hydrogens is 599 g/mol. The Kier molecular flexibility index (Phi) is 7.68. The molecule has 0 aliphatic carbocycles. The molecule has 228 valence electrons. The van der Waals surface area contributed by atoms with Crippen molar-refractivity contribution in [1.29, 1.82) is 0 Å². The van der Waals surface area contributed by atoms with Gasteiger partial charge in [0, 0.05) is 33.9 Å². The zero-order valence-electron chi connectivity index (χ0n) is 25.1. The Labute approximate surface area is 267 Å². The first-order chi connectivity index (χ1) is 22.4. The second-order valence-electron chi connectivity index (χ2n) is 11.0. The number of carbonyl (C=O) groups excluding carboxylic acids is 1. The van der Waals surface area contributed by atoms with Gasteiger partial charge in [-0.3, -0.25) is 14.2 Å². The smallest absolute Gasteiger partial charge is 0.271 e. The fraction of sp³-hybridized carbons (Fsp3) is 0.108. The lowest BCUT2D eigenvalue weighted by atomic mass is 9.95. The van der Waals surface area contributed by atoms with E-state index in [1.54, 1.807) is 30.7 Å². The molecule has 46 heavy (non-hydrogen) atoms. The van der Waals surface area contributed by atoms with E-state index in [1.165, 1.54) is 17.4 Å². The fourth-order valence-corrected chi connectivity index (χ4v) is 6.94. The van der Waals surface area contributed by atoms with Gasteiger partial charge >= 0.3 is 0 Å². The number of nitrogens with one attached hydrogen (secondary N) is 1. The summed E-state index contributed by atoms with van der Waals surface area (Å²) in [5.74, 6) is 0.0637. The van der Waals surface area contributed by atoms with Crippen LogP contribution in [0, 0.1) is 5.82 Å². The monoisotopic (exact) mass is 628 g/mol. The lowest BCUT2D eigenvalue weighted by Gasteiger charge is -2.25. The van der Waals surface area contributed by atoms with Crippen LogP contribution in [0.5, 0.6) is 5.75 Å². The van der Waals surface area contributed by atoms with Gasteiger partial charge in [-0.05, 0) is 55.0 Å². The molecule has 1 atom stereocenters. The standard InChI is InChI=1S/C37H29FN4O3S/c1-23-33(35(43)40-27-11-4-3-5-12-27)34(24-16-18-28(45-2)19-17-24)42-36(44)32(46-37(42)39-23)20-26-22-41(31-15-9-7-13-29(26)31)21-25-10-6-8-14-30(25)38/h3-20,22,34H,21H2,1-2H3,(H,40,43)/b32-20+/t34-/m0/s1. The van der Waals surface area contributed by atoms with Crippen LogP contribution in [-0.4, -0.2) is 22.2 Å². The van der Waals surface area contributed by atoms with E-state index in [1.807, 2.05) is 102 Å². The highest BCUT2D eigenvalue weighted by Crippen LogP contribution is 2.32. The van der Waals surface area contributed by atoms with Crippen LogP contribution in [0.25, 0.3) is 17.0 Å². The third kappa shape index (κ3) is 5.35. The Morgan fingerprint density at radius 1 is 0.978 bits per heavy atom. The number of para-hydroxylation sites is 2. The number of ether oxygens (including phenoxy) is 1. The van der Waals surface area contributed by atoms with Crippen molar-refractivity contribution in [3.63, 3.8) is 0 Å². The highest BCUT2D eigenvalue weighted by atomic mass is 32.1. The van der Waals surface area contributed by atoms with Gasteiger partial charge in [0.25, 0.3) is 11.5 Å². The predicted molar refractivity (Wildman–Crippen MR) is 179 cm³/mol. The number of thiazole rings is 1. The minimum atomic E-state index is -0.713. The van der Waals surface area contributed by atoms with E-state index in [2.05, 4.69) is 5.32 Å². The van der Waals surface area contributed by atoms with E-state index in [9.17, 15) is 14.0 Å². The number of allylic oxidation sites excluding steroid dienone is 1.